The molecule has 0 rings (SSSR count). The van der Waals surface area contributed by atoms with Crippen LogP contribution in [0.15, 0.2) is 12.2 Å². The van der Waals surface area contributed by atoms with Crippen molar-refractivity contribution in [2.24, 2.45) is 0 Å². The first-order valence-corrected chi connectivity index (χ1v) is 9.88. The summed E-state index contributed by atoms with van der Waals surface area (Å²) < 4.78 is 0. The summed E-state index contributed by atoms with van der Waals surface area (Å²) >= 11 is 0. The highest BCUT2D eigenvalue weighted by Gasteiger charge is 1.91. The van der Waals surface area contributed by atoms with Crippen LogP contribution in [0.2, 0.25) is 0 Å². The molecule has 0 amide bonds. The standard InChI is InChI=1S/C20H41NO.ClH/c1-2-3-4-5-6-7-8-9-10-11-12-13-14-15-16-17-18-21-19-20-22;/h9-10,21-22H,2-8,11-20H2,1H3;1H. The number of allylic oxidation sites excluding steroid dienone is 2. The van der Waals surface area contributed by atoms with Crippen molar-refractivity contribution in [3.05, 3.63) is 12.2 Å². The van der Waals surface area contributed by atoms with Crippen LogP contribution in [0.4, 0.5) is 0 Å². The Labute approximate surface area is 151 Å². The quantitative estimate of drug-likeness (QED) is 0.234. The fourth-order valence-corrected chi connectivity index (χ4v) is 2.70. The lowest BCUT2D eigenvalue weighted by Crippen LogP contribution is -2.19. The monoisotopic (exact) mass is 347 g/mol. The van der Waals surface area contributed by atoms with E-state index >= 15 is 0 Å². The minimum Gasteiger partial charge on any atom is -0.395 e. The third-order valence-corrected chi connectivity index (χ3v) is 4.15. The molecule has 0 saturated heterocycles. The van der Waals surface area contributed by atoms with Crippen molar-refractivity contribution in [1.29, 1.82) is 0 Å². The molecule has 140 valence electrons. The minimum atomic E-state index is 0. The van der Waals surface area contributed by atoms with Gasteiger partial charge in [-0.3, -0.25) is 0 Å². The van der Waals surface area contributed by atoms with Gasteiger partial charge in [-0.15, -0.1) is 12.4 Å². The Balaban J connectivity index is 0. The number of nitrogens with one attached hydrogen (secondary N) is 1. The van der Waals surface area contributed by atoms with Crippen molar-refractivity contribution >= 4 is 12.4 Å². The summed E-state index contributed by atoms with van der Waals surface area (Å²) in [4.78, 5) is 0. The van der Waals surface area contributed by atoms with Crippen molar-refractivity contribution in [1.82, 2.24) is 5.32 Å². The summed E-state index contributed by atoms with van der Waals surface area (Å²) in [5, 5.41) is 11.9. The predicted octanol–water partition coefficient (Wildman–Crippen LogP) is 6.03. The van der Waals surface area contributed by atoms with Gasteiger partial charge in [-0.05, 0) is 38.6 Å². The number of unbranched alkanes of at least 4 members (excludes halogenated alkanes) is 12. The number of hydrogen-bond acceptors (Lipinski definition) is 2. The summed E-state index contributed by atoms with van der Waals surface area (Å²) in [5.74, 6) is 0. The van der Waals surface area contributed by atoms with E-state index in [-0.39, 0.29) is 19.0 Å². The Hall–Kier alpha value is -0.0500. The van der Waals surface area contributed by atoms with Crippen LogP contribution >= 0.6 is 12.4 Å². The summed E-state index contributed by atoms with van der Waals surface area (Å²) in [5.41, 5.74) is 0. The van der Waals surface area contributed by atoms with E-state index in [2.05, 4.69) is 24.4 Å². The van der Waals surface area contributed by atoms with Crippen LogP contribution < -0.4 is 5.32 Å². The van der Waals surface area contributed by atoms with E-state index in [0.29, 0.717) is 0 Å². The highest BCUT2D eigenvalue weighted by Crippen LogP contribution is 2.09. The van der Waals surface area contributed by atoms with Crippen LogP contribution in [0.5, 0.6) is 0 Å². The summed E-state index contributed by atoms with van der Waals surface area (Å²) in [7, 11) is 0. The number of halogens is 1. The van der Waals surface area contributed by atoms with Gasteiger partial charge in [0, 0.05) is 6.54 Å². The maximum Gasteiger partial charge on any atom is 0.0555 e. The van der Waals surface area contributed by atoms with Crippen molar-refractivity contribution < 1.29 is 5.11 Å². The first kappa shape index (κ1) is 25.2. The van der Waals surface area contributed by atoms with Crippen molar-refractivity contribution in [2.45, 2.75) is 96.8 Å². The molecule has 0 aliphatic carbocycles. The van der Waals surface area contributed by atoms with Crippen molar-refractivity contribution in [2.75, 3.05) is 19.7 Å². The maximum atomic E-state index is 8.63. The second-order valence-corrected chi connectivity index (χ2v) is 6.41. The normalized spacial score (nSPS) is 11.0. The minimum absolute atomic E-state index is 0. The van der Waals surface area contributed by atoms with E-state index < -0.39 is 0 Å². The molecule has 0 saturated carbocycles. The lowest BCUT2D eigenvalue weighted by molar-refractivity contribution is 0.292. The SMILES string of the molecule is CCCCCCCCC=CCCCCCCCCNCCO.Cl. The van der Waals surface area contributed by atoms with Gasteiger partial charge in [-0.25, -0.2) is 0 Å². The van der Waals surface area contributed by atoms with Gasteiger partial charge in [-0.2, -0.15) is 0 Å². The maximum absolute atomic E-state index is 8.63. The topological polar surface area (TPSA) is 32.3 Å². The Morgan fingerprint density at radius 2 is 1.13 bits per heavy atom. The Bertz CT molecular complexity index is 222. The fourth-order valence-electron chi connectivity index (χ4n) is 2.70. The molecular formula is C20H42ClNO. The van der Waals surface area contributed by atoms with E-state index in [1.807, 2.05) is 0 Å². The molecule has 0 aromatic carbocycles. The van der Waals surface area contributed by atoms with Gasteiger partial charge < -0.3 is 10.4 Å². The van der Waals surface area contributed by atoms with Gasteiger partial charge in [0.25, 0.3) is 0 Å². The van der Waals surface area contributed by atoms with Crippen LogP contribution in [0, 0.1) is 0 Å². The Morgan fingerprint density at radius 1 is 0.652 bits per heavy atom. The van der Waals surface area contributed by atoms with Gasteiger partial charge in [0.15, 0.2) is 0 Å². The molecule has 23 heavy (non-hydrogen) atoms. The highest BCUT2D eigenvalue weighted by molar-refractivity contribution is 5.85. The third-order valence-electron chi connectivity index (χ3n) is 4.15. The van der Waals surface area contributed by atoms with E-state index in [0.717, 1.165) is 13.1 Å². The van der Waals surface area contributed by atoms with Crippen LogP contribution in [0.1, 0.15) is 96.8 Å². The number of rotatable bonds is 18. The largest absolute Gasteiger partial charge is 0.395 e. The smallest absolute Gasteiger partial charge is 0.0555 e. The second-order valence-electron chi connectivity index (χ2n) is 6.41. The first-order valence-electron chi connectivity index (χ1n) is 9.88. The Kier molecular flexibility index (Phi) is 26.5. The number of hydrogen-bond donors (Lipinski definition) is 2. The number of aliphatic hydroxyl groups is 1. The second kappa shape index (κ2) is 24.2. The molecule has 0 fully saturated rings. The van der Waals surface area contributed by atoms with Gasteiger partial charge in [0.05, 0.1) is 6.61 Å². The van der Waals surface area contributed by atoms with E-state index in [9.17, 15) is 0 Å². The average Bonchev–Trinajstić information content (AvgIpc) is 2.54. The summed E-state index contributed by atoms with van der Waals surface area (Å²) in [6, 6.07) is 0. The molecule has 0 aromatic heterocycles. The molecule has 0 radical (unpaired) electrons. The van der Waals surface area contributed by atoms with E-state index in [1.165, 1.54) is 89.9 Å². The fraction of sp³-hybridized carbons (Fsp3) is 0.900. The molecule has 2 nitrogen and oxygen atoms in total. The highest BCUT2D eigenvalue weighted by atomic mass is 35.5. The first-order chi connectivity index (χ1) is 10.9. The van der Waals surface area contributed by atoms with Gasteiger partial charge in [-0.1, -0.05) is 76.9 Å². The average molecular weight is 348 g/mol. The van der Waals surface area contributed by atoms with Gasteiger partial charge in [0.1, 0.15) is 0 Å². The molecule has 0 heterocycles. The lowest BCUT2D eigenvalue weighted by Gasteiger charge is -2.02. The zero-order chi connectivity index (χ0) is 16.1. The predicted molar refractivity (Wildman–Crippen MR) is 107 cm³/mol. The molecule has 0 atom stereocenters. The molecule has 0 unspecified atom stereocenters. The van der Waals surface area contributed by atoms with Crippen LogP contribution in [-0.2, 0) is 0 Å². The van der Waals surface area contributed by atoms with Crippen LogP contribution in [-0.4, -0.2) is 24.8 Å². The zero-order valence-electron chi connectivity index (χ0n) is 15.5. The van der Waals surface area contributed by atoms with Crippen molar-refractivity contribution in [3.63, 3.8) is 0 Å². The molecule has 2 N–H and O–H groups in total. The summed E-state index contributed by atoms with van der Waals surface area (Å²) in [6.45, 7) is 4.33. The van der Waals surface area contributed by atoms with E-state index in [4.69, 9.17) is 5.11 Å². The van der Waals surface area contributed by atoms with Crippen LogP contribution in [0.25, 0.3) is 0 Å². The third kappa shape index (κ3) is 24.3. The molecule has 0 bridgehead atoms. The molecule has 0 aliphatic heterocycles. The van der Waals surface area contributed by atoms with Crippen molar-refractivity contribution in [3.8, 4) is 0 Å². The van der Waals surface area contributed by atoms with E-state index in [1.54, 1.807) is 0 Å². The van der Waals surface area contributed by atoms with Crippen LogP contribution in [0.3, 0.4) is 0 Å². The molecule has 0 spiro atoms. The molecule has 0 aromatic rings. The zero-order valence-corrected chi connectivity index (χ0v) is 16.3. The molecular weight excluding hydrogens is 306 g/mol. The van der Waals surface area contributed by atoms with Gasteiger partial charge >= 0.3 is 0 Å². The Morgan fingerprint density at radius 3 is 1.65 bits per heavy atom. The van der Waals surface area contributed by atoms with Gasteiger partial charge in [0.2, 0.25) is 0 Å². The number of aliphatic hydroxyl groups excluding tert-OH is 1. The summed E-state index contributed by atoms with van der Waals surface area (Å²) in [6.07, 6.45) is 23.8. The molecule has 0 aliphatic rings. The molecule has 3 heteroatoms. The lowest BCUT2D eigenvalue weighted by atomic mass is 10.1.